The fraction of sp³-hybridized carbons (Fsp3) is 0.667. The molecule has 0 saturated heterocycles. The van der Waals surface area contributed by atoms with Gasteiger partial charge in [-0.3, -0.25) is 0 Å². The minimum absolute atomic E-state index is 0.193. The van der Waals surface area contributed by atoms with E-state index in [-0.39, 0.29) is 5.54 Å². The largest absolute Gasteiger partial charge is 0.308 e. The van der Waals surface area contributed by atoms with Gasteiger partial charge in [-0.25, -0.2) is 0 Å². The molecule has 0 amide bonds. The third kappa shape index (κ3) is 4.07. The Bertz CT molecular complexity index is 405. The Kier molecular flexibility index (Phi) is 4.87. The molecule has 20 heavy (non-hydrogen) atoms. The van der Waals surface area contributed by atoms with E-state index in [4.69, 9.17) is 0 Å². The van der Waals surface area contributed by atoms with Gasteiger partial charge in [0.25, 0.3) is 0 Å². The quantitative estimate of drug-likeness (QED) is 0.905. The molecule has 2 heteroatoms. The second-order valence-corrected chi connectivity index (χ2v) is 7.45. The van der Waals surface area contributed by atoms with Gasteiger partial charge in [-0.2, -0.15) is 0 Å². The first-order valence-corrected chi connectivity index (χ1v) is 7.86. The van der Waals surface area contributed by atoms with Gasteiger partial charge in [-0.05, 0) is 65.6 Å². The Morgan fingerprint density at radius 3 is 2.25 bits per heavy atom. The molecule has 0 heterocycles. The van der Waals surface area contributed by atoms with Crippen molar-refractivity contribution in [2.75, 3.05) is 14.1 Å². The summed E-state index contributed by atoms with van der Waals surface area (Å²) < 4.78 is 0. The Morgan fingerprint density at radius 1 is 1.05 bits per heavy atom. The van der Waals surface area contributed by atoms with Crippen molar-refractivity contribution >= 4 is 0 Å². The average Bonchev–Trinajstić information content (AvgIpc) is 2.38. The maximum atomic E-state index is 3.82. The van der Waals surface area contributed by atoms with E-state index in [9.17, 15) is 0 Å². The maximum Gasteiger partial charge on any atom is 0.0249 e. The lowest BCUT2D eigenvalue weighted by Gasteiger charge is -2.43. The number of nitrogens with one attached hydrogen (secondary N) is 1. The van der Waals surface area contributed by atoms with Crippen LogP contribution in [0.25, 0.3) is 0 Å². The van der Waals surface area contributed by atoms with Gasteiger partial charge in [0.05, 0.1) is 0 Å². The SMILES string of the molecule is CN(C)[C@H]1C[C@@H](c2ccccc2)CC[C@@H]1NC(C)(C)C. The summed E-state index contributed by atoms with van der Waals surface area (Å²) in [6.07, 6.45) is 3.81. The molecule has 0 spiro atoms. The first-order valence-electron chi connectivity index (χ1n) is 7.86. The average molecular weight is 274 g/mol. The van der Waals surface area contributed by atoms with Crippen LogP contribution in [0.2, 0.25) is 0 Å². The third-order valence-electron chi connectivity index (χ3n) is 4.37. The van der Waals surface area contributed by atoms with Crippen molar-refractivity contribution in [3.63, 3.8) is 0 Å². The van der Waals surface area contributed by atoms with Gasteiger partial charge in [-0.15, -0.1) is 0 Å². The molecule has 1 aliphatic rings. The van der Waals surface area contributed by atoms with Crippen LogP contribution in [-0.2, 0) is 0 Å². The smallest absolute Gasteiger partial charge is 0.0249 e. The van der Waals surface area contributed by atoms with Crippen LogP contribution in [0.15, 0.2) is 30.3 Å². The molecule has 0 radical (unpaired) electrons. The zero-order chi connectivity index (χ0) is 14.8. The van der Waals surface area contributed by atoms with E-state index in [1.54, 1.807) is 0 Å². The standard InChI is InChI=1S/C18H30N2/c1-18(2,3)19-16-12-11-15(13-17(16)20(4)5)14-9-7-6-8-10-14/h6-10,15-17,19H,11-13H2,1-5H3/t15-,16-,17-/m0/s1. The van der Waals surface area contributed by atoms with Crippen LogP contribution in [-0.4, -0.2) is 36.6 Å². The van der Waals surface area contributed by atoms with Crippen molar-refractivity contribution < 1.29 is 0 Å². The Hall–Kier alpha value is -0.860. The molecule has 3 atom stereocenters. The van der Waals surface area contributed by atoms with Crippen molar-refractivity contribution in [2.45, 2.75) is 63.6 Å². The number of likely N-dealkylation sites (N-methyl/N-ethyl adjacent to an activating group) is 1. The van der Waals surface area contributed by atoms with Crippen LogP contribution in [0.3, 0.4) is 0 Å². The molecule has 0 aromatic heterocycles. The summed E-state index contributed by atoms with van der Waals surface area (Å²) >= 11 is 0. The van der Waals surface area contributed by atoms with Crippen molar-refractivity contribution in [1.29, 1.82) is 0 Å². The van der Waals surface area contributed by atoms with E-state index < -0.39 is 0 Å². The van der Waals surface area contributed by atoms with E-state index in [0.29, 0.717) is 18.0 Å². The zero-order valence-corrected chi connectivity index (χ0v) is 13.7. The maximum absolute atomic E-state index is 3.82. The van der Waals surface area contributed by atoms with Crippen LogP contribution in [0.1, 0.15) is 51.5 Å². The highest BCUT2D eigenvalue weighted by molar-refractivity contribution is 5.21. The normalized spacial score (nSPS) is 27.8. The molecule has 0 bridgehead atoms. The third-order valence-corrected chi connectivity index (χ3v) is 4.37. The molecule has 1 aromatic carbocycles. The molecule has 1 aromatic rings. The van der Waals surface area contributed by atoms with Crippen LogP contribution in [0, 0.1) is 0 Å². The fourth-order valence-corrected chi connectivity index (χ4v) is 3.47. The number of hydrogen-bond donors (Lipinski definition) is 1. The molecular formula is C18H30N2. The van der Waals surface area contributed by atoms with Gasteiger partial charge in [-0.1, -0.05) is 30.3 Å². The summed E-state index contributed by atoms with van der Waals surface area (Å²) in [5, 5.41) is 3.82. The van der Waals surface area contributed by atoms with Gasteiger partial charge in [0.15, 0.2) is 0 Å². The van der Waals surface area contributed by atoms with Crippen LogP contribution < -0.4 is 5.32 Å². The molecule has 0 unspecified atom stereocenters. The number of hydrogen-bond acceptors (Lipinski definition) is 2. The van der Waals surface area contributed by atoms with Gasteiger partial charge in [0, 0.05) is 17.6 Å². The molecule has 2 rings (SSSR count). The number of nitrogens with zero attached hydrogens (tertiary/aromatic N) is 1. The molecule has 1 saturated carbocycles. The second kappa shape index (κ2) is 6.28. The molecule has 1 fully saturated rings. The van der Waals surface area contributed by atoms with Gasteiger partial charge < -0.3 is 10.2 Å². The van der Waals surface area contributed by atoms with E-state index in [1.165, 1.54) is 24.8 Å². The number of rotatable bonds is 3. The fourth-order valence-electron chi connectivity index (χ4n) is 3.47. The summed E-state index contributed by atoms with van der Waals surface area (Å²) in [7, 11) is 4.44. The van der Waals surface area contributed by atoms with E-state index in [2.05, 4.69) is 75.4 Å². The van der Waals surface area contributed by atoms with Crippen LogP contribution in [0.4, 0.5) is 0 Å². The lowest BCUT2D eigenvalue weighted by molar-refractivity contribution is 0.143. The number of benzene rings is 1. The molecule has 112 valence electrons. The predicted molar refractivity (Wildman–Crippen MR) is 87.2 cm³/mol. The Balaban J connectivity index is 2.08. The second-order valence-electron chi connectivity index (χ2n) is 7.45. The first-order chi connectivity index (χ1) is 9.37. The van der Waals surface area contributed by atoms with E-state index in [1.807, 2.05) is 0 Å². The highest BCUT2D eigenvalue weighted by Crippen LogP contribution is 2.35. The van der Waals surface area contributed by atoms with Crippen molar-refractivity contribution in [3.05, 3.63) is 35.9 Å². The van der Waals surface area contributed by atoms with Gasteiger partial charge in [0.2, 0.25) is 0 Å². The molecule has 1 N–H and O–H groups in total. The van der Waals surface area contributed by atoms with E-state index in [0.717, 1.165) is 0 Å². The molecular weight excluding hydrogens is 244 g/mol. The summed E-state index contributed by atoms with van der Waals surface area (Å²) in [6.45, 7) is 6.80. The summed E-state index contributed by atoms with van der Waals surface area (Å²) in [6, 6.07) is 12.2. The van der Waals surface area contributed by atoms with E-state index >= 15 is 0 Å². The van der Waals surface area contributed by atoms with Gasteiger partial charge in [0.1, 0.15) is 0 Å². The Labute approximate surface area is 124 Å². The highest BCUT2D eigenvalue weighted by atomic mass is 15.2. The summed E-state index contributed by atoms with van der Waals surface area (Å²) in [5.74, 6) is 0.710. The van der Waals surface area contributed by atoms with Crippen molar-refractivity contribution in [3.8, 4) is 0 Å². The van der Waals surface area contributed by atoms with Crippen molar-refractivity contribution in [2.24, 2.45) is 0 Å². The Morgan fingerprint density at radius 2 is 1.70 bits per heavy atom. The van der Waals surface area contributed by atoms with Crippen molar-refractivity contribution in [1.82, 2.24) is 10.2 Å². The minimum atomic E-state index is 0.193. The van der Waals surface area contributed by atoms with Crippen LogP contribution >= 0.6 is 0 Å². The predicted octanol–water partition coefficient (Wildman–Crippen LogP) is 3.64. The zero-order valence-electron chi connectivity index (χ0n) is 13.7. The summed E-state index contributed by atoms with van der Waals surface area (Å²) in [4.78, 5) is 2.40. The molecule has 2 nitrogen and oxygen atoms in total. The summed E-state index contributed by atoms with van der Waals surface area (Å²) in [5.41, 5.74) is 1.70. The highest BCUT2D eigenvalue weighted by Gasteiger charge is 2.34. The first kappa shape index (κ1) is 15.5. The monoisotopic (exact) mass is 274 g/mol. The lowest BCUT2D eigenvalue weighted by Crippen LogP contribution is -2.55. The van der Waals surface area contributed by atoms with Gasteiger partial charge >= 0.3 is 0 Å². The molecule has 1 aliphatic carbocycles. The molecule has 0 aliphatic heterocycles. The van der Waals surface area contributed by atoms with Crippen LogP contribution in [0.5, 0.6) is 0 Å². The topological polar surface area (TPSA) is 15.3 Å². The lowest BCUT2D eigenvalue weighted by atomic mass is 9.77. The minimum Gasteiger partial charge on any atom is -0.308 e.